The highest BCUT2D eigenvalue weighted by Gasteiger charge is 2.05. The fourth-order valence-electron chi connectivity index (χ4n) is 0.231. The summed E-state index contributed by atoms with van der Waals surface area (Å²) in [6.07, 6.45) is 3.79. The van der Waals surface area contributed by atoms with Crippen LogP contribution >= 0.6 is 27.9 Å². The van der Waals surface area contributed by atoms with Gasteiger partial charge in [0, 0.05) is 12.6 Å². The van der Waals surface area contributed by atoms with Gasteiger partial charge in [0.2, 0.25) is 0 Å². The molecule has 3 heteroatoms. The number of hydrogen-bond donors (Lipinski definition) is 0. The van der Waals surface area contributed by atoms with Crippen LogP contribution in [0.15, 0.2) is 4.40 Å². The Hall–Kier alpha value is 0.500. The summed E-state index contributed by atoms with van der Waals surface area (Å²) in [7, 11) is 0. The SMILES string of the molecule is BrC1[CH]C=NS1. The van der Waals surface area contributed by atoms with Gasteiger partial charge < -0.3 is 0 Å². The van der Waals surface area contributed by atoms with Gasteiger partial charge >= 0.3 is 0 Å². The van der Waals surface area contributed by atoms with Gasteiger partial charge in [0.1, 0.15) is 0 Å². The Morgan fingerprint density at radius 2 is 2.67 bits per heavy atom. The molecule has 0 N–H and O–H groups in total. The summed E-state index contributed by atoms with van der Waals surface area (Å²) >= 11 is 4.85. The van der Waals surface area contributed by atoms with E-state index in [0.29, 0.717) is 4.16 Å². The molecule has 1 nitrogen and oxygen atoms in total. The summed E-state index contributed by atoms with van der Waals surface area (Å²) < 4.78 is 4.28. The first-order valence-corrected chi connectivity index (χ1v) is 3.31. The van der Waals surface area contributed by atoms with Crippen LogP contribution in [0.1, 0.15) is 0 Å². The molecule has 1 unspecified atom stereocenters. The first kappa shape index (κ1) is 4.65. The van der Waals surface area contributed by atoms with Gasteiger partial charge in [-0.3, -0.25) is 0 Å². The molecule has 0 bridgehead atoms. The highest BCUT2D eigenvalue weighted by Crippen LogP contribution is 2.24. The summed E-state index contributed by atoms with van der Waals surface area (Å²) in [6, 6.07) is 0. The Kier molecular flexibility index (Phi) is 1.54. The summed E-state index contributed by atoms with van der Waals surface area (Å²) in [4.78, 5) is 0. The zero-order valence-corrected chi connectivity index (χ0v) is 5.37. The second-order valence-corrected chi connectivity index (χ2v) is 3.43. The third-order valence-corrected chi connectivity index (χ3v) is 1.87. The van der Waals surface area contributed by atoms with Crippen molar-refractivity contribution in [2.75, 3.05) is 0 Å². The van der Waals surface area contributed by atoms with Crippen molar-refractivity contribution in [1.29, 1.82) is 0 Å². The minimum Gasteiger partial charge on any atom is -0.227 e. The van der Waals surface area contributed by atoms with Gasteiger partial charge in [-0.1, -0.05) is 15.9 Å². The largest absolute Gasteiger partial charge is 0.227 e. The van der Waals surface area contributed by atoms with Crippen LogP contribution in [0, 0.1) is 6.42 Å². The van der Waals surface area contributed by atoms with Gasteiger partial charge in [-0.2, -0.15) is 0 Å². The maximum Gasteiger partial charge on any atom is 0.0902 e. The molecule has 1 heterocycles. The standard InChI is InChI=1S/C3H3BrNS/c4-3-1-2-5-6-3/h1-3H. The lowest BCUT2D eigenvalue weighted by molar-refractivity contribution is 1.65. The predicted molar refractivity (Wildman–Crippen MR) is 33.1 cm³/mol. The van der Waals surface area contributed by atoms with Crippen molar-refractivity contribution in [3.8, 4) is 0 Å². The highest BCUT2D eigenvalue weighted by atomic mass is 79.9. The van der Waals surface area contributed by atoms with Crippen molar-refractivity contribution < 1.29 is 0 Å². The second-order valence-electron chi connectivity index (χ2n) is 0.903. The lowest BCUT2D eigenvalue weighted by Gasteiger charge is -1.85. The molecule has 0 amide bonds. The van der Waals surface area contributed by atoms with E-state index in [2.05, 4.69) is 20.3 Å². The van der Waals surface area contributed by atoms with Crippen molar-refractivity contribution >= 4 is 34.1 Å². The highest BCUT2D eigenvalue weighted by molar-refractivity contribution is 9.11. The molecule has 0 spiro atoms. The monoisotopic (exact) mass is 164 g/mol. The smallest absolute Gasteiger partial charge is 0.0902 e. The van der Waals surface area contributed by atoms with Crippen LogP contribution in [0.4, 0.5) is 0 Å². The van der Waals surface area contributed by atoms with Gasteiger partial charge in [0.05, 0.1) is 4.16 Å². The summed E-state index contributed by atoms with van der Waals surface area (Å²) in [5, 5.41) is 0. The van der Waals surface area contributed by atoms with E-state index >= 15 is 0 Å². The molecule has 33 valence electrons. The lowest BCUT2D eigenvalue weighted by atomic mass is 10.5. The number of hydrogen-bond acceptors (Lipinski definition) is 2. The zero-order chi connectivity index (χ0) is 4.41. The van der Waals surface area contributed by atoms with Gasteiger partial charge in [-0.25, -0.2) is 4.40 Å². The molecule has 0 aromatic rings. The number of alkyl halides is 1. The average Bonchev–Trinajstić information content (AvgIpc) is 1.86. The van der Waals surface area contributed by atoms with Crippen molar-refractivity contribution in [3.63, 3.8) is 0 Å². The summed E-state index contributed by atoms with van der Waals surface area (Å²) in [6.45, 7) is 0. The van der Waals surface area contributed by atoms with E-state index in [-0.39, 0.29) is 0 Å². The van der Waals surface area contributed by atoms with E-state index < -0.39 is 0 Å². The fourth-order valence-corrected chi connectivity index (χ4v) is 1.05. The third-order valence-electron chi connectivity index (χ3n) is 0.460. The quantitative estimate of drug-likeness (QED) is 0.392. The minimum atomic E-state index is 0.428. The predicted octanol–water partition coefficient (Wildman–Crippen LogP) is 1.64. The normalized spacial score (nSPS) is 31.8. The maximum atomic E-state index is 3.85. The van der Waals surface area contributed by atoms with E-state index in [1.807, 2.05) is 6.42 Å². The van der Waals surface area contributed by atoms with Crippen LogP contribution in [0.5, 0.6) is 0 Å². The second kappa shape index (κ2) is 1.98. The first-order valence-electron chi connectivity index (χ1n) is 1.56. The molecule has 1 radical (unpaired) electrons. The number of nitrogens with zero attached hydrogens (tertiary/aromatic N) is 1. The van der Waals surface area contributed by atoms with Crippen molar-refractivity contribution in [2.24, 2.45) is 4.40 Å². The molecule has 1 rings (SSSR count). The van der Waals surface area contributed by atoms with E-state index in [4.69, 9.17) is 0 Å². The van der Waals surface area contributed by atoms with E-state index in [0.717, 1.165) is 0 Å². The van der Waals surface area contributed by atoms with E-state index in [1.165, 1.54) is 11.9 Å². The first-order chi connectivity index (χ1) is 2.89. The molecular weight excluding hydrogens is 162 g/mol. The maximum absolute atomic E-state index is 3.85. The van der Waals surface area contributed by atoms with Gasteiger partial charge in [-0.05, 0) is 11.9 Å². The Labute approximate surface area is 49.5 Å². The Balaban J connectivity index is 2.32. The van der Waals surface area contributed by atoms with Crippen LogP contribution in [-0.2, 0) is 0 Å². The van der Waals surface area contributed by atoms with Gasteiger partial charge in [0.15, 0.2) is 0 Å². The van der Waals surface area contributed by atoms with Crippen LogP contribution in [0.3, 0.4) is 0 Å². The number of halogens is 1. The Morgan fingerprint density at radius 1 is 1.83 bits per heavy atom. The van der Waals surface area contributed by atoms with Crippen LogP contribution in [0.2, 0.25) is 0 Å². The molecule has 0 fully saturated rings. The van der Waals surface area contributed by atoms with Gasteiger partial charge in [-0.15, -0.1) is 0 Å². The Morgan fingerprint density at radius 3 is 2.83 bits per heavy atom. The van der Waals surface area contributed by atoms with Crippen LogP contribution in [0.25, 0.3) is 0 Å². The summed E-state index contributed by atoms with van der Waals surface area (Å²) in [5.41, 5.74) is 0. The van der Waals surface area contributed by atoms with Crippen LogP contribution in [-0.4, -0.2) is 10.4 Å². The van der Waals surface area contributed by atoms with E-state index in [9.17, 15) is 0 Å². The lowest BCUT2D eigenvalue weighted by Crippen LogP contribution is -1.80. The molecule has 6 heavy (non-hydrogen) atoms. The average molecular weight is 165 g/mol. The molecule has 0 aromatic carbocycles. The third kappa shape index (κ3) is 0.980. The molecule has 0 saturated carbocycles. The molecule has 1 aliphatic heterocycles. The van der Waals surface area contributed by atoms with Crippen molar-refractivity contribution in [2.45, 2.75) is 4.16 Å². The topological polar surface area (TPSA) is 12.4 Å². The molecule has 1 aliphatic rings. The zero-order valence-electron chi connectivity index (χ0n) is 2.97. The molecule has 1 atom stereocenters. The van der Waals surface area contributed by atoms with Crippen LogP contribution < -0.4 is 0 Å². The molecule has 0 saturated heterocycles. The van der Waals surface area contributed by atoms with E-state index in [1.54, 1.807) is 6.21 Å². The Bertz CT molecular complexity index is 65.2. The van der Waals surface area contributed by atoms with Crippen molar-refractivity contribution in [1.82, 2.24) is 0 Å². The van der Waals surface area contributed by atoms with Crippen molar-refractivity contribution in [3.05, 3.63) is 6.42 Å². The number of rotatable bonds is 0. The molecule has 0 aromatic heterocycles. The minimum absolute atomic E-state index is 0.428. The van der Waals surface area contributed by atoms with Gasteiger partial charge in [0.25, 0.3) is 0 Å². The molecular formula is C3H3BrNS. The molecule has 0 aliphatic carbocycles. The fraction of sp³-hybridized carbons (Fsp3) is 0.333. The summed E-state index contributed by atoms with van der Waals surface area (Å²) in [5.74, 6) is 0.